The molecule has 2 aromatic rings. The first kappa shape index (κ1) is 23.6. The molecular formula is C23H29N4O5S2+. The molecule has 1 amide bonds. The van der Waals surface area contributed by atoms with Crippen molar-refractivity contribution in [3.8, 4) is 0 Å². The van der Waals surface area contributed by atoms with Gasteiger partial charge in [-0.15, -0.1) is 11.8 Å². The molecule has 0 aromatic carbocycles. The molecule has 6 atom stereocenters. The number of fused-ring (bicyclic) bond motifs is 2. The van der Waals surface area contributed by atoms with Crippen LogP contribution in [-0.4, -0.2) is 73.1 Å². The Labute approximate surface area is 205 Å². The average molecular weight is 506 g/mol. The van der Waals surface area contributed by atoms with Crippen molar-refractivity contribution in [1.82, 2.24) is 14.6 Å². The second kappa shape index (κ2) is 9.12. The summed E-state index contributed by atoms with van der Waals surface area (Å²) >= 11 is 3.24. The number of carboxylic acid groups (broad SMARTS) is 1. The van der Waals surface area contributed by atoms with E-state index in [1.54, 1.807) is 30.0 Å². The van der Waals surface area contributed by atoms with Crippen molar-refractivity contribution in [3.63, 3.8) is 0 Å². The van der Waals surface area contributed by atoms with Gasteiger partial charge in [0.05, 0.1) is 29.5 Å². The Bertz CT molecular complexity index is 1150. The van der Waals surface area contributed by atoms with Gasteiger partial charge >= 0.3 is 5.97 Å². The van der Waals surface area contributed by atoms with Crippen LogP contribution in [-0.2, 0) is 16.1 Å². The largest absolute Gasteiger partial charge is 0.477 e. The van der Waals surface area contributed by atoms with E-state index in [0.29, 0.717) is 6.54 Å². The summed E-state index contributed by atoms with van der Waals surface area (Å²) in [6.07, 6.45) is 10.4. The number of amides is 1. The van der Waals surface area contributed by atoms with E-state index in [1.807, 2.05) is 28.4 Å². The molecule has 0 saturated carbocycles. The number of aliphatic hydroxyl groups is 2. The van der Waals surface area contributed by atoms with Crippen LogP contribution in [0.25, 0.3) is 10.9 Å². The first-order valence-corrected chi connectivity index (χ1v) is 13.2. The van der Waals surface area contributed by atoms with Gasteiger partial charge in [-0.3, -0.25) is 4.79 Å². The molecule has 0 aliphatic carbocycles. The van der Waals surface area contributed by atoms with Crippen LogP contribution in [0.15, 0.2) is 35.4 Å². The number of thioether (sulfide) groups is 1. The number of imidazole rings is 1. The van der Waals surface area contributed by atoms with E-state index >= 15 is 0 Å². The lowest BCUT2D eigenvalue weighted by molar-refractivity contribution is -0.696. The maximum absolute atomic E-state index is 12.5. The van der Waals surface area contributed by atoms with Crippen LogP contribution in [0.2, 0.25) is 0 Å². The lowest BCUT2D eigenvalue weighted by atomic mass is 9.79. The molecular weight excluding hydrogens is 476 g/mol. The fourth-order valence-electron chi connectivity index (χ4n) is 5.27. The summed E-state index contributed by atoms with van der Waals surface area (Å²) in [5, 5.41) is 32.6. The molecule has 4 N–H and O–H groups in total. The number of nitrogens with zero attached hydrogens (tertiary/aromatic N) is 3. The topological polar surface area (TPSA) is 118 Å². The summed E-state index contributed by atoms with van der Waals surface area (Å²) in [6, 6.07) is -0.0842. The quantitative estimate of drug-likeness (QED) is 0.311. The van der Waals surface area contributed by atoms with Gasteiger partial charge in [0.15, 0.2) is 0 Å². The zero-order chi connectivity index (χ0) is 24.1. The first-order valence-electron chi connectivity index (χ1n) is 11.5. The van der Waals surface area contributed by atoms with E-state index in [0.717, 1.165) is 27.6 Å². The van der Waals surface area contributed by atoms with Gasteiger partial charge in [-0.1, -0.05) is 24.3 Å². The summed E-state index contributed by atoms with van der Waals surface area (Å²) in [5.74, 6) is -2.01. The number of rotatable bonds is 8. The number of hydrogen-bond acceptors (Lipinski definition) is 7. The Hall–Kier alpha value is -2.18. The standard InChI is InChI=1S/C23H28N4O5S2/c1-12-19-18(13(2)29)22(30)27(19)20(23(31)32)21(12)34-16-7-14(24-8-16)3-4-15-9-26-11-25(5-6-28)10-17(26)33-15/h3-4,9-14,16,18-19,24,28-29H,5-8H2,1-2H3/p+1/b4-3-/t12-,13-,14-,16+,18-,19-/m1/s1. The molecule has 0 unspecified atom stereocenters. The first-order chi connectivity index (χ1) is 16.3. The van der Waals surface area contributed by atoms with Crippen molar-refractivity contribution in [2.75, 3.05) is 13.2 Å². The number of aliphatic carboxylic acids is 1. The highest BCUT2D eigenvalue weighted by Gasteiger charge is 2.60. The Morgan fingerprint density at radius 2 is 2.26 bits per heavy atom. The van der Waals surface area contributed by atoms with E-state index in [2.05, 4.69) is 23.7 Å². The Kier molecular flexibility index (Phi) is 6.32. The normalized spacial score (nSPS) is 29.9. The van der Waals surface area contributed by atoms with Gasteiger partial charge in [-0.25, -0.2) is 9.36 Å². The number of carbonyl (C=O) groups excluding carboxylic acids is 1. The van der Waals surface area contributed by atoms with Crippen molar-refractivity contribution < 1.29 is 29.5 Å². The van der Waals surface area contributed by atoms with Crippen molar-refractivity contribution >= 4 is 45.9 Å². The summed E-state index contributed by atoms with van der Waals surface area (Å²) in [6.45, 7) is 5.00. The van der Waals surface area contributed by atoms with Crippen molar-refractivity contribution in [2.24, 2.45) is 11.8 Å². The van der Waals surface area contributed by atoms with Gasteiger partial charge in [0.25, 0.3) is 0 Å². The van der Waals surface area contributed by atoms with E-state index in [4.69, 9.17) is 5.11 Å². The molecule has 34 heavy (non-hydrogen) atoms. The molecule has 2 saturated heterocycles. The zero-order valence-electron chi connectivity index (χ0n) is 19.0. The van der Waals surface area contributed by atoms with E-state index in [-0.39, 0.29) is 41.5 Å². The predicted octanol–water partition coefficient (Wildman–Crippen LogP) is 0.911. The number of thiazole rings is 1. The number of carboxylic acids is 1. The molecule has 5 heterocycles. The van der Waals surface area contributed by atoms with Crippen LogP contribution in [0.1, 0.15) is 25.1 Å². The third-order valence-electron chi connectivity index (χ3n) is 6.87. The highest BCUT2D eigenvalue weighted by Crippen LogP contribution is 2.51. The number of hydrogen-bond donors (Lipinski definition) is 4. The second-order valence-electron chi connectivity index (χ2n) is 9.21. The maximum Gasteiger partial charge on any atom is 0.353 e. The minimum Gasteiger partial charge on any atom is -0.477 e. The molecule has 0 spiro atoms. The lowest BCUT2D eigenvalue weighted by Gasteiger charge is -2.46. The summed E-state index contributed by atoms with van der Waals surface area (Å²) in [5.41, 5.74) is 0.0938. The fraction of sp³-hybridized carbons (Fsp3) is 0.522. The highest BCUT2D eigenvalue weighted by molar-refractivity contribution is 8.03. The Morgan fingerprint density at radius 3 is 2.94 bits per heavy atom. The lowest BCUT2D eigenvalue weighted by Crippen LogP contribution is -2.63. The van der Waals surface area contributed by atoms with Crippen LogP contribution in [0, 0.1) is 11.8 Å². The molecule has 11 heteroatoms. The average Bonchev–Trinajstić information content (AvgIpc) is 3.50. The van der Waals surface area contributed by atoms with E-state index < -0.39 is 18.0 Å². The van der Waals surface area contributed by atoms with Crippen LogP contribution in [0.4, 0.5) is 0 Å². The van der Waals surface area contributed by atoms with E-state index in [1.165, 1.54) is 4.90 Å². The van der Waals surface area contributed by atoms with Crippen LogP contribution < -0.4 is 9.88 Å². The fourth-order valence-corrected chi connectivity index (χ4v) is 7.71. The highest BCUT2D eigenvalue weighted by atomic mass is 32.2. The third kappa shape index (κ3) is 3.99. The minimum atomic E-state index is -1.08. The molecule has 2 aromatic heterocycles. The zero-order valence-corrected chi connectivity index (χ0v) is 20.6. The molecule has 5 rings (SSSR count). The number of aliphatic hydroxyl groups excluding tert-OH is 2. The van der Waals surface area contributed by atoms with Gasteiger partial charge in [0.1, 0.15) is 24.6 Å². The van der Waals surface area contributed by atoms with Crippen molar-refractivity contribution in [2.45, 2.75) is 50.3 Å². The smallest absolute Gasteiger partial charge is 0.353 e. The Balaban J connectivity index is 1.24. The molecule has 3 aliphatic heterocycles. The van der Waals surface area contributed by atoms with Gasteiger partial charge in [-0.2, -0.15) is 4.40 Å². The van der Waals surface area contributed by atoms with Gasteiger partial charge in [-0.05, 0) is 19.4 Å². The maximum atomic E-state index is 12.5. The second-order valence-corrected chi connectivity index (χ2v) is 11.6. The van der Waals surface area contributed by atoms with Gasteiger partial charge in [0, 0.05) is 28.7 Å². The summed E-state index contributed by atoms with van der Waals surface area (Å²) in [7, 11) is 0. The summed E-state index contributed by atoms with van der Waals surface area (Å²) < 4.78 is 4.01. The number of β-lactam (4-membered cyclic amide) rings is 1. The molecule has 3 aliphatic rings. The van der Waals surface area contributed by atoms with Crippen LogP contribution in [0.3, 0.4) is 0 Å². The number of carbonyl (C=O) groups is 2. The van der Waals surface area contributed by atoms with Crippen LogP contribution in [0.5, 0.6) is 0 Å². The third-order valence-corrected chi connectivity index (χ3v) is 9.39. The van der Waals surface area contributed by atoms with Crippen molar-refractivity contribution in [3.05, 3.63) is 40.3 Å². The predicted molar refractivity (Wildman–Crippen MR) is 129 cm³/mol. The number of nitrogens with one attached hydrogen (secondary N) is 1. The molecule has 182 valence electrons. The minimum absolute atomic E-state index is 0.0938. The van der Waals surface area contributed by atoms with Crippen molar-refractivity contribution in [1.29, 1.82) is 0 Å². The molecule has 0 radical (unpaired) electrons. The molecule has 9 nitrogen and oxygen atoms in total. The summed E-state index contributed by atoms with van der Waals surface area (Å²) in [4.78, 5) is 28.9. The Morgan fingerprint density at radius 1 is 1.47 bits per heavy atom. The number of aromatic nitrogens is 2. The van der Waals surface area contributed by atoms with Gasteiger partial charge in [0.2, 0.25) is 17.1 Å². The van der Waals surface area contributed by atoms with E-state index in [9.17, 15) is 19.8 Å². The monoisotopic (exact) mass is 505 g/mol. The molecule has 0 bridgehead atoms. The molecule has 2 fully saturated rings. The van der Waals surface area contributed by atoms with Crippen LogP contribution >= 0.6 is 23.1 Å². The van der Waals surface area contributed by atoms with Gasteiger partial charge < -0.3 is 25.5 Å². The SMILES string of the molecule is C[C@@H](O)[C@H]1C(=O)N2C(C(=O)O)=C(S[C@@H]3CN[C@H](/C=C\c4cn5c[n+](CCO)cc5s4)C3)[C@H](C)[C@H]12.